The lowest BCUT2D eigenvalue weighted by Crippen LogP contribution is -1.97. The molecule has 5 rings (SSSR count). The van der Waals surface area contributed by atoms with Gasteiger partial charge in [-0.1, -0.05) is 11.3 Å². The summed E-state index contributed by atoms with van der Waals surface area (Å²) in [5.41, 5.74) is 4.45. The van der Waals surface area contributed by atoms with Gasteiger partial charge in [-0.3, -0.25) is 5.43 Å². The van der Waals surface area contributed by atoms with E-state index in [1.165, 1.54) is 11.3 Å². The van der Waals surface area contributed by atoms with Crippen LogP contribution in [0.15, 0.2) is 46.0 Å². The van der Waals surface area contributed by atoms with Crippen LogP contribution in [0.4, 0.5) is 5.13 Å². The summed E-state index contributed by atoms with van der Waals surface area (Å²) in [5, 5.41) is 5.83. The van der Waals surface area contributed by atoms with Crippen molar-refractivity contribution in [2.45, 2.75) is 0 Å². The summed E-state index contributed by atoms with van der Waals surface area (Å²) in [6.07, 6.45) is 3.38. The number of furan rings is 1. The molecule has 0 fully saturated rings. The number of benzene rings is 2. The number of nitrogens with zero attached hydrogens (tertiary/aromatic N) is 2. The van der Waals surface area contributed by atoms with Gasteiger partial charge in [-0.25, -0.2) is 4.98 Å². The fourth-order valence-electron chi connectivity index (χ4n) is 3.33. The third-order valence-electron chi connectivity index (χ3n) is 4.82. The molecule has 0 amide bonds. The molecule has 0 radical (unpaired) electrons. The first-order chi connectivity index (χ1) is 15.7. The van der Waals surface area contributed by atoms with Crippen LogP contribution < -0.4 is 29.1 Å². The number of nitrogens with one attached hydrogen (secondary N) is 1. The molecular weight excluding hydrogens is 434 g/mol. The number of methoxy groups -OCH3 is 3. The van der Waals surface area contributed by atoms with Crippen LogP contribution in [0.3, 0.4) is 0 Å². The Bertz CT molecular complexity index is 1250. The van der Waals surface area contributed by atoms with E-state index in [1.807, 2.05) is 18.2 Å². The molecule has 0 saturated heterocycles. The molecule has 1 N–H and O–H groups in total. The van der Waals surface area contributed by atoms with Crippen molar-refractivity contribution < 1.29 is 28.1 Å². The number of anilines is 1. The zero-order chi connectivity index (χ0) is 22.1. The van der Waals surface area contributed by atoms with Crippen LogP contribution in [-0.2, 0) is 0 Å². The van der Waals surface area contributed by atoms with Gasteiger partial charge >= 0.3 is 0 Å². The van der Waals surface area contributed by atoms with E-state index in [-0.39, 0.29) is 6.79 Å². The molecule has 1 aliphatic heterocycles. The number of hydrazone groups is 1. The van der Waals surface area contributed by atoms with Gasteiger partial charge in [-0.05, 0) is 24.3 Å². The van der Waals surface area contributed by atoms with E-state index in [9.17, 15) is 0 Å². The molecule has 0 unspecified atom stereocenters. The Balaban J connectivity index is 1.33. The summed E-state index contributed by atoms with van der Waals surface area (Å²) in [7, 11) is 4.70. The van der Waals surface area contributed by atoms with Gasteiger partial charge in [-0.15, -0.1) is 0 Å². The van der Waals surface area contributed by atoms with Gasteiger partial charge in [0, 0.05) is 17.0 Å². The highest BCUT2D eigenvalue weighted by Crippen LogP contribution is 2.40. The van der Waals surface area contributed by atoms with E-state index in [0.717, 1.165) is 27.2 Å². The lowest BCUT2D eigenvalue weighted by atomic mass is 10.2. The molecule has 10 heteroatoms. The summed E-state index contributed by atoms with van der Waals surface area (Å²) in [5.74, 6) is 3.75. The van der Waals surface area contributed by atoms with Crippen molar-refractivity contribution in [1.29, 1.82) is 0 Å². The first-order valence-electron chi connectivity index (χ1n) is 9.57. The Labute approximate surface area is 187 Å². The van der Waals surface area contributed by atoms with E-state index in [2.05, 4.69) is 15.5 Å². The molecule has 4 aromatic rings. The third-order valence-corrected chi connectivity index (χ3v) is 5.74. The van der Waals surface area contributed by atoms with Crippen LogP contribution in [0.1, 0.15) is 5.56 Å². The zero-order valence-corrected chi connectivity index (χ0v) is 18.3. The fourth-order valence-corrected chi connectivity index (χ4v) is 4.05. The quantitative estimate of drug-likeness (QED) is 0.316. The van der Waals surface area contributed by atoms with Gasteiger partial charge in [0.2, 0.25) is 17.7 Å². The molecule has 0 saturated carbocycles. The van der Waals surface area contributed by atoms with E-state index in [0.29, 0.717) is 33.9 Å². The van der Waals surface area contributed by atoms with Gasteiger partial charge in [0.1, 0.15) is 11.3 Å². The van der Waals surface area contributed by atoms with Crippen LogP contribution in [0.2, 0.25) is 0 Å². The fraction of sp³-hybridized carbons (Fsp3) is 0.182. The summed E-state index contributed by atoms with van der Waals surface area (Å²) in [4.78, 5) is 5.24. The zero-order valence-electron chi connectivity index (χ0n) is 17.5. The number of fused-ring (bicyclic) bond motifs is 2. The summed E-state index contributed by atoms with van der Waals surface area (Å²) >= 11 is 1.42. The van der Waals surface area contributed by atoms with Crippen LogP contribution in [0.5, 0.6) is 28.7 Å². The summed E-state index contributed by atoms with van der Waals surface area (Å²) < 4.78 is 32.9. The van der Waals surface area contributed by atoms with Crippen molar-refractivity contribution in [3.63, 3.8) is 0 Å². The normalized spacial score (nSPS) is 12.5. The molecule has 32 heavy (non-hydrogen) atoms. The van der Waals surface area contributed by atoms with E-state index >= 15 is 0 Å². The second-order valence-electron chi connectivity index (χ2n) is 6.71. The minimum Gasteiger partial charge on any atom is -0.493 e. The number of thiazole rings is 1. The highest BCUT2D eigenvalue weighted by Gasteiger charge is 2.18. The molecule has 0 atom stereocenters. The number of rotatable bonds is 7. The van der Waals surface area contributed by atoms with Crippen molar-refractivity contribution >= 4 is 33.7 Å². The Morgan fingerprint density at radius 3 is 2.47 bits per heavy atom. The SMILES string of the molecule is COc1cc(C=NNc2ncc(-c3cc4cc5c(cc4o3)OCO5)s2)cc(OC)c1OC. The van der Waals surface area contributed by atoms with Crippen molar-refractivity contribution in [3.05, 3.63) is 42.1 Å². The highest BCUT2D eigenvalue weighted by molar-refractivity contribution is 7.18. The average molecular weight is 453 g/mol. The topological polar surface area (TPSA) is 96.6 Å². The molecule has 9 nitrogen and oxygen atoms in total. The van der Waals surface area contributed by atoms with E-state index in [1.54, 1.807) is 45.9 Å². The van der Waals surface area contributed by atoms with Crippen molar-refractivity contribution in [2.24, 2.45) is 5.10 Å². The van der Waals surface area contributed by atoms with Crippen LogP contribution in [0, 0.1) is 0 Å². The number of hydrogen-bond acceptors (Lipinski definition) is 10. The van der Waals surface area contributed by atoms with Crippen molar-refractivity contribution in [3.8, 4) is 39.4 Å². The molecule has 2 aromatic carbocycles. The van der Waals surface area contributed by atoms with E-state index < -0.39 is 0 Å². The van der Waals surface area contributed by atoms with Gasteiger partial charge in [0.15, 0.2) is 23.0 Å². The van der Waals surface area contributed by atoms with Gasteiger partial charge in [0.25, 0.3) is 0 Å². The Hall–Kier alpha value is -3.92. The molecule has 0 aliphatic carbocycles. The maximum atomic E-state index is 5.97. The average Bonchev–Trinajstić information content (AvgIpc) is 3.55. The van der Waals surface area contributed by atoms with Gasteiger partial charge in [-0.2, -0.15) is 5.10 Å². The molecule has 0 spiro atoms. The number of aromatic nitrogens is 1. The van der Waals surface area contributed by atoms with Crippen molar-refractivity contribution in [2.75, 3.05) is 33.5 Å². The predicted octanol–water partition coefficient (Wildman–Crippen LogP) is 4.76. The van der Waals surface area contributed by atoms with Crippen LogP contribution >= 0.6 is 11.3 Å². The first kappa shape index (κ1) is 20.0. The Morgan fingerprint density at radius 1 is 1.00 bits per heavy atom. The molecular formula is C22H19N3O6S. The van der Waals surface area contributed by atoms with Crippen LogP contribution in [0.25, 0.3) is 21.6 Å². The Kier molecular flexibility index (Phi) is 5.20. The standard InChI is InChI=1S/C22H19N3O6S/c1-26-18-4-12(5-19(27-2)21(18)28-3)9-24-25-22-23-10-20(32-22)17-7-13-6-15-16(30-11-29-15)8-14(13)31-17/h4-10H,11H2,1-3H3,(H,23,25). The minimum atomic E-state index is 0.231. The smallest absolute Gasteiger partial charge is 0.231 e. The third kappa shape index (κ3) is 3.65. The predicted molar refractivity (Wildman–Crippen MR) is 121 cm³/mol. The molecule has 2 aromatic heterocycles. The summed E-state index contributed by atoms with van der Waals surface area (Å²) in [6.45, 7) is 0.231. The lowest BCUT2D eigenvalue weighted by Gasteiger charge is -2.12. The number of hydrogen-bond donors (Lipinski definition) is 1. The number of ether oxygens (including phenoxy) is 5. The molecule has 164 valence electrons. The minimum absolute atomic E-state index is 0.231. The second-order valence-corrected chi connectivity index (χ2v) is 7.74. The maximum Gasteiger partial charge on any atom is 0.231 e. The maximum absolute atomic E-state index is 5.97. The monoisotopic (exact) mass is 453 g/mol. The molecule has 3 heterocycles. The van der Waals surface area contributed by atoms with Crippen molar-refractivity contribution in [1.82, 2.24) is 4.98 Å². The van der Waals surface area contributed by atoms with Crippen LogP contribution in [-0.4, -0.2) is 39.3 Å². The Morgan fingerprint density at radius 2 is 1.75 bits per heavy atom. The van der Waals surface area contributed by atoms with Gasteiger partial charge in [0.05, 0.1) is 38.6 Å². The van der Waals surface area contributed by atoms with Gasteiger partial charge < -0.3 is 28.1 Å². The van der Waals surface area contributed by atoms with E-state index in [4.69, 9.17) is 28.1 Å². The molecule has 0 bridgehead atoms. The largest absolute Gasteiger partial charge is 0.493 e. The molecule has 1 aliphatic rings. The highest BCUT2D eigenvalue weighted by atomic mass is 32.1. The summed E-state index contributed by atoms with van der Waals surface area (Å²) in [6, 6.07) is 9.31. The lowest BCUT2D eigenvalue weighted by molar-refractivity contribution is 0.174. The second kappa shape index (κ2) is 8.31. The first-order valence-corrected chi connectivity index (χ1v) is 10.4.